The van der Waals surface area contributed by atoms with Crippen molar-refractivity contribution >= 4 is 11.9 Å². The van der Waals surface area contributed by atoms with Crippen molar-refractivity contribution in [1.82, 2.24) is 0 Å². The standard InChI is InChI=1S/C19H23F3O6/c1-17(2,3)15(23)26-10-13-14(28-13)11-27-16(24)18(25-4,19(20,21)22)12-8-6-5-7-9-12/h5-9,13-14H,10-11H2,1-4H3/t13-,14+,18-/m1/s1. The number of halogens is 3. The third-order valence-corrected chi connectivity index (χ3v) is 4.23. The number of ether oxygens (including phenoxy) is 4. The molecule has 1 aromatic carbocycles. The first-order valence-corrected chi connectivity index (χ1v) is 8.61. The summed E-state index contributed by atoms with van der Waals surface area (Å²) in [5.41, 5.74) is -4.31. The molecule has 0 radical (unpaired) electrons. The van der Waals surface area contributed by atoms with Crippen LogP contribution in [0.2, 0.25) is 0 Å². The topological polar surface area (TPSA) is 74.4 Å². The number of carbonyl (C=O) groups is 2. The molecule has 2 rings (SSSR count). The fourth-order valence-corrected chi connectivity index (χ4v) is 2.49. The molecule has 6 nitrogen and oxygen atoms in total. The lowest BCUT2D eigenvalue weighted by molar-refractivity contribution is -0.276. The number of hydrogen-bond donors (Lipinski definition) is 0. The minimum Gasteiger partial charge on any atom is -0.462 e. The third-order valence-electron chi connectivity index (χ3n) is 4.23. The minimum absolute atomic E-state index is 0.0638. The molecule has 0 N–H and O–H groups in total. The molecule has 1 heterocycles. The van der Waals surface area contributed by atoms with Crippen LogP contribution < -0.4 is 0 Å². The third kappa shape index (κ3) is 4.64. The quantitative estimate of drug-likeness (QED) is 0.514. The van der Waals surface area contributed by atoms with E-state index < -0.39 is 47.9 Å². The molecule has 0 spiro atoms. The van der Waals surface area contributed by atoms with E-state index in [1.165, 1.54) is 18.2 Å². The summed E-state index contributed by atoms with van der Waals surface area (Å²) in [7, 11) is 0.796. The molecular formula is C19H23F3O6. The Kier molecular flexibility index (Phi) is 6.40. The second-order valence-corrected chi connectivity index (χ2v) is 7.41. The molecule has 1 aliphatic rings. The van der Waals surface area contributed by atoms with E-state index in [-0.39, 0.29) is 12.2 Å². The van der Waals surface area contributed by atoms with Gasteiger partial charge in [-0.3, -0.25) is 4.79 Å². The van der Waals surface area contributed by atoms with Gasteiger partial charge in [-0.15, -0.1) is 0 Å². The van der Waals surface area contributed by atoms with Crippen molar-refractivity contribution in [2.75, 3.05) is 20.3 Å². The number of hydrogen-bond acceptors (Lipinski definition) is 6. The van der Waals surface area contributed by atoms with Crippen molar-refractivity contribution in [3.8, 4) is 0 Å². The average molecular weight is 404 g/mol. The lowest BCUT2D eigenvalue weighted by Gasteiger charge is -2.32. The maximum absolute atomic E-state index is 13.7. The normalized spacial score (nSPS) is 21.5. The zero-order valence-electron chi connectivity index (χ0n) is 16.0. The highest BCUT2D eigenvalue weighted by Gasteiger charge is 2.64. The summed E-state index contributed by atoms with van der Waals surface area (Å²) in [5, 5.41) is 0. The van der Waals surface area contributed by atoms with Crippen LogP contribution >= 0.6 is 0 Å². The van der Waals surface area contributed by atoms with E-state index in [1.807, 2.05) is 0 Å². The van der Waals surface area contributed by atoms with Gasteiger partial charge >= 0.3 is 18.1 Å². The first-order valence-electron chi connectivity index (χ1n) is 8.61. The largest absolute Gasteiger partial charge is 0.462 e. The maximum Gasteiger partial charge on any atom is 0.432 e. The van der Waals surface area contributed by atoms with Crippen LogP contribution in [0.25, 0.3) is 0 Å². The highest BCUT2D eigenvalue weighted by molar-refractivity contribution is 5.82. The number of rotatable bonds is 7. The molecule has 0 saturated carbocycles. The Morgan fingerprint density at radius 3 is 1.89 bits per heavy atom. The van der Waals surface area contributed by atoms with Gasteiger partial charge in [0.15, 0.2) is 0 Å². The van der Waals surface area contributed by atoms with E-state index in [0.29, 0.717) is 0 Å². The van der Waals surface area contributed by atoms with Crippen molar-refractivity contribution < 1.29 is 41.7 Å². The highest BCUT2D eigenvalue weighted by atomic mass is 19.4. The van der Waals surface area contributed by atoms with Gasteiger partial charge in [0.25, 0.3) is 5.60 Å². The molecule has 0 bridgehead atoms. The molecule has 156 valence electrons. The van der Waals surface area contributed by atoms with Crippen molar-refractivity contribution in [2.45, 2.75) is 44.8 Å². The summed E-state index contributed by atoms with van der Waals surface area (Å²) in [5.74, 6) is -2.02. The van der Waals surface area contributed by atoms with Gasteiger partial charge in [-0.2, -0.15) is 13.2 Å². The van der Waals surface area contributed by atoms with Gasteiger partial charge in [-0.05, 0) is 20.8 Å². The second kappa shape index (κ2) is 8.08. The van der Waals surface area contributed by atoms with Gasteiger partial charge in [0.2, 0.25) is 0 Å². The lowest BCUT2D eigenvalue weighted by Crippen LogP contribution is -2.52. The van der Waals surface area contributed by atoms with Crippen LogP contribution in [-0.2, 0) is 34.1 Å². The Bertz CT molecular complexity index is 698. The molecule has 1 saturated heterocycles. The average Bonchev–Trinajstić information content (AvgIpc) is 3.36. The first kappa shape index (κ1) is 22.2. The van der Waals surface area contributed by atoms with E-state index in [2.05, 4.69) is 4.74 Å². The molecule has 1 fully saturated rings. The van der Waals surface area contributed by atoms with Crippen LogP contribution in [0.1, 0.15) is 26.3 Å². The summed E-state index contributed by atoms with van der Waals surface area (Å²) in [4.78, 5) is 24.1. The number of epoxide rings is 1. The van der Waals surface area contributed by atoms with Crippen LogP contribution in [0.4, 0.5) is 13.2 Å². The molecular weight excluding hydrogens is 381 g/mol. The molecule has 0 amide bonds. The molecule has 9 heteroatoms. The van der Waals surface area contributed by atoms with Gasteiger partial charge in [0.05, 0.1) is 5.41 Å². The Balaban J connectivity index is 1.98. The van der Waals surface area contributed by atoms with Gasteiger partial charge in [-0.1, -0.05) is 30.3 Å². The lowest BCUT2D eigenvalue weighted by atomic mass is 9.93. The molecule has 28 heavy (non-hydrogen) atoms. The van der Waals surface area contributed by atoms with Crippen LogP contribution in [0.5, 0.6) is 0 Å². The number of benzene rings is 1. The summed E-state index contributed by atoms with van der Waals surface area (Å²) in [6.45, 7) is 4.59. The zero-order chi connectivity index (χ0) is 21.2. The SMILES string of the molecule is CO[C@@](C(=O)OC[C@@H]1O[C@@H]1COC(=O)C(C)(C)C)(c1ccccc1)C(F)(F)F. The molecule has 0 aliphatic carbocycles. The first-order chi connectivity index (χ1) is 12.9. The van der Waals surface area contributed by atoms with Gasteiger partial charge < -0.3 is 18.9 Å². The zero-order valence-corrected chi connectivity index (χ0v) is 16.0. The van der Waals surface area contributed by atoms with Crippen LogP contribution in [0.3, 0.4) is 0 Å². The number of esters is 2. The highest BCUT2D eigenvalue weighted by Crippen LogP contribution is 2.43. The Hall–Kier alpha value is -2.13. The Labute approximate surface area is 160 Å². The predicted molar refractivity (Wildman–Crippen MR) is 91.2 cm³/mol. The molecule has 3 atom stereocenters. The van der Waals surface area contributed by atoms with E-state index in [1.54, 1.807) is 20.8 Å². The fourth-order valence-electron chi connectivity index (χ4n) is 2.49. The minimum atomic E-state index is -5.04. The summed E-state index contributed by atoms with van der Waals surface area (Å²) < 4.78 is 61.0. The van der Waals surface area contributed by atoms with E-state index >= 15 is 0 Å². The molecule has 0 unspecified atom stereocenters. The summed E-state index contributed by atoms with van der Waals surface area (Å²) in [6, 6.07) is 6.53. The summed E-state index contributed by atoms with van der Waals surface area (Å²) >= 11 is 0. The van der Waals surface area contributed by atoms with Crippen molar-refractivity contribution in [3.05, 3.63) is 35.9 Å². The second-order valence-electron chi connectivity index (χ2n) is 7.41. The molecule has 1 aliphatic heterocycles. The maximum atomic E-state index is 13.7. The summed E-state index contributed by atoms with van der Waals surface area (Å²) in [6.07, 6.45) is -6.21. The van der Waals surface area contributed by atoms with Crippen molar-refractivity contribution in [3.63, 3.8) is 0 Å². The van der Waals surface area contributed by atoms with E-state index in [0.717, 1.165) is 19.2 Å². The Morgan fingerprint density at radius 1 is 0.964 bits per heavy atom. The number of alkyl halides is 3. The molecule has 0 aromatic heterocycles. The predicted octanol–water partition coefficient (Wildman–Crippen LogP) is 2.99. The van der Waals surface area contributed by atoms with E-state index in [4.69, 9.17) is 14.2 Å². The number of methoxy groups -OCH3 is 1. The number of carbonyl (C=O) groups excluding carboxylic acids is 2. The van der Waals surface area contributed by atoms with Crippen LogP contribution in [0.15, 0.2) is 30.3 Å². The van der Waals surface area contributed by atoms with Gasteiger partial charge in [0.1, 0.15) is 25.4 Å². The smallest absolute Gasteiger partial charge is 0.432 e. The molecule has 1 aromatic rings. The van der Waals surface area contributed by atoms with Crippen LogP contribution in [-0.4, -0.2) is 50.6 Å². The Morgan fingerprint density at radius 2 is 1.46 bits per heavy atom. The van der Waals surface area contributed by atoms with E-state index in [9.17, 15) is 22.8 Å². The van der Waals surface area contributed by atoms with Crippen molar-refractivity contribution in [2.24, 2.45) is 5.41 Å². The van der Waals surface area contributed by atoms with Crippen molar-refractivity contribution in [1.29, 1.82) is 0 Å². The fraction of sp³-hybridized carbons (Fsp3) is 0.579. The van der Waals surface area contributed by atoms with Gasteiger partial charge in [-0.25, -0.2) is 4.79 Å². The monoisotopic (exact) mass is 404 g/mol. The van der Waals surface area contributed by atoms with Gasteiger partial charge in [0, 0.05) is 12.7 Å². The van der Waals surface area contributed by atoms with Crippen LogP contribution in [0, 0.1) is 5.41 Å².